The lowest BCUT2D eigenvalue weighted by Crippen LogP contribution is -2.18. The lowest BCUT2D eigenvalue weighted by atomic mass is 10.2. The molecule has 2 rings (SSSR count). The van der Waals surface area contributed by atoms with E-state index in [0.29, 0.717) is 5.69 Å². The van der Waals surface area contributed by atoms with Crippen molar-refractivity contribution in [1.82, 2.24) is 10.4 Å². The molecule has 0 radical (unpaired) electrons. The summed E-state index contributed by atoms with van der Waals surface area (Å²) in [6.07, 6.45) is 4.98. The van der Waals surface area contributed by atoms with Crippen molar-refractivity contribution in [1.29, 1.82) is 0 Å². The van der Waals surface area contributed by atoms with Gasteiger partial charge in [0.2, 0.25) is 0 Å². The molecule has 5 heteroatoms. The Bertz CT molecular complexity index is 624. The molecule has 100 valence electrons. The van der Waals surface area contributed by atoms with E-state index in [0.717, 1.165) is 10.0 Å². The van der Waals surface area contributed by atoms with Crippen molar-refractivity contribution < 1.29 is 4.79 Å². The quantitative estimate of drug-likeness (QED) is 0.691. The van der Waals surface area contributed by atoms with Crippen molar-refractivity contribution in [2.24, 2.45) is 5.10 Å². The van der Waals surface area contributed by atoms with E-state index in [1.54, 1.807) is 24.4 Å². The lowest BCUT2D eigenvalue weighted by molar-refractivity contribution is 0.0950. The molecule has 1 heterocycles. The van der Waals surface area contributed by atoms with Crippen molar-refractivity contribution in [2.45, 2.75) is 0 Å². The van der Waals surface area contributed by atoms with E-state index >= 15 is 0 Å². The molecule has 2 aromatic rings. The maximum Gasteiger partial charge on any atom is 0.289 e. The van der Waals surface area contributed by atoms with Crippen molar-refractivity contribution in [2.75, 3.05) is 0 Å². The van der Waals surface area contributed by atoms with Crippen LogP contribution in [0.1, 0.15) is 16.1 Å². The fraction of sp³-hybridized carbons (Fsp3) is 0. The third-order valence-electron chi connectivity index (χ3n) is 2.36. The van der Waals surface area contributed by atoms with Gasteiger partial charge in [-0.25, -0.2) is 5.43 Å². The second-order valence-electron chi connectivity index (χ2n) is 3.85. The van der Waals surface area contributed by atoms with Crippen LogP contribution in [-0.2, 0) is 0 Å². The van der Waals surface area contributed by atoms with Crippen LogP contribution >= 0.6 is 15.9 Å². The third kappa shape index (κ3) is 4.44. The zero-order valence-electron chi connectivity index (χ0n) is 10.5. The number of rotatable bonds is 4. The van der Waals surface area contributed by atoms with Crippen LogP contribution in [0, 0.1) is 0 Å². The van der Waals surface area contributed by atoms with Gasteiger partial charge in [0.15, 0.2) is 0 Å². The summed E-state index contributed by atoms with van der Waals surface area (Å²) < 4.78 is 0.755. The summed E-state index contributed by atoms with van der Waals surface area (Å²) in [7, 11) is 0. The van der Waals surface area contributed by atoms with Crippen molar-refractivity contribution in [3.63, 3.8) is 0 Å². The van der Waals surface area contributed by atoms with Gasteiger partial charge in [-0.2, -0.15) is 5.10 Å². The van der Waals surface area contributed by atoms with E-state index in [9.17, 15) is 4.79 Å². The predicted molar refractivity (Wildman–Crippen MR) is 83.5 cm³/mol. The van der Waals surface area contributed by atoms with Gasteiger partial charge in [-0.1, -0.05) is 36.4 Å². The van der Waals surface area contributed by atoms with Gasteiger partial charge in [0.25, 0.3) is 5.91 Å². The van der Waals surface area contributed by atoms with Crippen LogP contribution in [0.15, 0.2) is 64.3 Å². The molecule has 0 spiro atoms. The number of hydrazone groups is 1. The Morgan fingerprint density at radius 1 is 1.15 bits per heavy atom. The molecule has 0 fully saturated rings. The maximum absolute atomic E-state index is 11.7. The standard InChI is InChI=1S/C15H12BrN3O/c16-13(10-12-6-2-1-3-7-12)11-18-19-15(20)14-8-4-5-9-17-14/h1-11H,(H,19,20)/b13-10-,18-11+. The zero-order valence-corrected chi connectivity index (χ0v) is 12.1. The summed E-state index contributed by atoms with van der Waals surface area (Å²) in [5, 5.41) is 3.86. The Labute approximate surface area is 125 Å². The van der Waals surface area contributed by atoms with Crippen LogP contribution in [0.4, 0.5) is 0 Å². The van der Waals surface area contributed by atoms with E-state index in [4.69, 9.17) is 0 Å². The van der Waals surface area contributed by atoms with Gasteiger partial charge in [0, 0.05) is 10.7 Å². The Hall–Kier alpha value is -2.27. The highest BCUT2D eigenvalue weighted by Crippen LogP contribution is 2.09. The van der Waals surface area contributed by atoms with Gasteiger partial charge >= 0.3 is 0 Å². The number of carbonyl (C=O) groups excluding carboxylic acids is 1. The fourth-order valence-corrected chi connectivity index (χ4v) is 1.82. The number of nitrogens with one attached hydrogen (secondary N) is 1. The highest BCUT2D eigenvalue weighted by molar-refractivity contribution is 9.12. The van der Waals surface area contributed by atoms with Crippen LogP contribution in [0.5, 0.6) is 0 Å². The van der Waals surface area contributed by atoms with E-state index in [2.05, 4.69) is 31.4 Å². The highest BCUT2D eigenvalue weighted by atomic mass is 79.9. The number of halogens is 1. The summed E-state index contributed by atoms with van der Waals surface area (Å²) in [5.74, 6) is -0.345. The summed E-state index contributed by atoms with van der Waals surface area (Å²) in [6, 6.07) is 14.9. The van der Waals surface area contributed by atoms with Gasteiger partial charge < -0.3 is 0 Å². The minimum absolute atomic E-state index is 0.327. The first-order valence-corrected chi connectivity index (χ1v) is 6.72. The number of amides is 1. The molecule has 1 N–H and O–H groups in total. The molecule has 4 nitrogen and oxygen atoms in total. The zero-order chi connectivity index (χ0) is 14.2. The number of pyridine rings is 1. The first kappa shape index (κ1) is 14.1. The molecular formula is C15H12BrN3O. The van der Waals surface area contributed by atoms with Crippen molar-refractivity contribution in [3.05, 3.63) is 70.5 Å². The molecule has 1 aromatic carbocycles. The lowest BCUT2D eigenvalue weighted by Gasteiger charge is -1.97. The Morgan fingerprint density at radius 2 is 1.90 bits per heavy atom. The van der Waals surface area contributed by atoms with Gasteiger partial charge in [0.1, 0.15) is 5.69 Å². The normalized spacial score (nSPS) is 11.6. The second kappa shape index (κ2) is 7.35. The first-order valence-electron chi connectivity index (χ1n) is 5.92. The minimum atomic E-state index is -0.345. The van der Waals surface area contributed by atoms with Crippen LogP contribution in [0.3, 0.4) is 0 Å². The van der Waals surface area contributed by atoms with Gasteiger partial charge in [-0.05, 0) is 39.7 Å². The molecule has 0 aliphatic rings. The topological polar surface area (TPSA) is 54.4 Å². The Balaban J connectivity index is 1.94. The molecule has 1 aromatic heterocycles. The molecule has 0 bridgehead atoms. The highest BCUT2D eigenvalue weighted by Gasteiger charge is 2.03. The van der Waals surface area contributed by atoms with Crippen LogP contribution < -0.4 is 5.43 Å². The fourth-order valence-electron chi connectivity index (χ4n) is 1.45. The average Bonchev–Trinajstić information content (AvgIpc) is 2.49. The summed E-state index contributed by atoms with van der Waals surface area (Å²) in [4.78, 5) is 15.6. The Kier molecular flexibility index (Phi) is 5.20. The number of allylic oxidation sites excluding steroid dienone is 1. The Morgan fingerprint density at radius 3 is 2.60 bits per heavy atom. The molecule has 0 aliphatic heterocycles. The molecule has 0 aliphatic carbocycles. The number of carbonyl (C=O) groups is 1. The summed E-state index contributed by atoms with van der Waals surface area (Å²) >= 11 is 3.37. The maximum atomic E-state index is 11.7. The summed E-state index contributed by atoms with van der Waals surface area (Å²) in [5.41, 5.74) is 3.78. The molecule has 0 unspecified atom stereocenters. The van der Waals surface area contributed by atoms with Gasteiger partial charge in [-0.3, -0.25) is 9.78 Å². The third-order valence-corrected chi connectivity index (χ3v) is 2.79. The van der Waals surface area contributed by atoms with Crippen LogP contribution in [-0.4, -0.2) is 17.1 Å². The minimum Gasteiger partial charge on any atom is -0.266 e. The van der Waals surface area contributed by atoms with Crippen molar-refractivity contribution in [3.8, 4) is 0 Å². The molecule has 0 saturated heterocycles. The van der Waals surface area contributed by atoms with Crippen molar-refractivity contribution >= 4 is 34.1 Å². The monoisotopic (exact) mass is 329 g/mol. The molecule has 0 atom stereocenters. The predicted octanol–water partition coefficient (Wildman–Crippen LogP) is 3.23. The smallest absolute Gasteiger partial charge is 0.266 e. The van der Waals surface area contributed by atoms with E-state index in [1.807, 2.05) is 36.4 Å². The number of aromatic nitrogens is 1. The van der Waals surface area contributed by atoms with Gasteiger partial charge in [-0.15, -0.1) is 0 Å². The number of nitrogens with zero attached hydrogens (tertiary/aromatic N) is 2. The largest absolute Gasteiger partial charge is 0.289 e. The van der Waals surface area contributed by atoms with Crippen LogP contribution in [0.2, 0.25) is 0 Å². The van der Waals surface area contributed by atoms with Crippen LogP contribution in [0.25, 0.3) is 6.08 Å². The van der Waals surface area contributed by atoms with E-state index in [-0.39, 0.29) is 5.91 Å². The molecule has 20 heavy (non-hydrogen) atoms. The second-order valence-corrected chi connectivity index (χ2v) is 4.77. The first-order chi connectivity index (χ1) is 9.75. The molecular weight excluding hydrogens is 318 g/mol. The molecule has 0 saturated carbocycles. The van der Waals surface area contributed by atoms with Gasteiger partial charge in [0.05, 0.1) is 6.21 Å². The number of benzene rings is 1. The number of hydrogen-bond acceptors (Lipinski definition) is 3. The van der Waals surface area contributed by atoms with E-state index in [1.165, 1.54) is 6.21 Å². The van der Waals surface area contributed by atoms with E-state index < -0.39 is 0 Å². The number of hydrogen-bond donors (Lipinski definition) is 1. The summed E-state index contributed by atoms with van der Waals surface area (Å²) in [6.45, 7) is 0. The molecule has 1 amide bonds. The average molecular weight is 330 g/mol. The SMILES string of the molecule is O=C(N/N=C/C(Br)=C/c1ccccc1)c1ccccn1.